The van der Waals surface area contributed by atoms with Crippen LogP contribution < -0.4 is 5.73 Å². The van der Waals surface area contributed by atoms with Crippen molar-refractivity contribution in [1.29, 1.82) is 0 Å². The molecule has 0 unspecified atom stereocenters. The first-order valence-corrected chi connectivity index (χ1v) is 5.44. The van der Waals surface area contributed by atoms with Crippen LogP contribution in [0.15, 0.2) is 36.9 Å². The molecule has 17 heavy (non-hydrogen) atoms. The first-order chi connectivity index (χ1) is 8.29. The quantitative estimate of drug-likeness (QED) is 0.715. The van der Waals surface area contributed by atoms with Gasteiger partial charge in [0.15, 0.2) is 0 Å². The van der Waals surface area contributed by atoms with Crippen LogP contribution in [-0.4, -0.2) is 18.9 Å². The first kappa shape index (κ1) is 10.0. The van der Waals surface area contributed by atoms with Gasteiger partial charge in [0.1, 0.15) is 0 Å². The molecule has 3 heterocycles. The molecule has 3 rings (SSSR count). The standard InChI is InChI=1S/C12H13N5/c1-16-6-3-9(8-16)11-10(7-13)17-5-2-4-14-12(17)15-11/h2-6,8H,7,13H2,1H3. The Labute approximate surface area is 98.5 Å². The molecule has 0 bridgehead atoms. The van der Waals surface area contributed by atoms with Gasteiger partial charge in [-0.3, -0.25) is 4.40 Å². The Kier molecular flexibility index (Phi) is 2.19. The lowest BCUT2D eigenvalue weighted by Gasteiger charge is -1.99. The lowest BCUT2D eigenvalue weighted by atomic mass is 10.2. The Balaban J connectivity index is 2.29. The van der Waals surface area contributed by atoms with Gasteiger partial charge in [-0.05, 0) is 12.1 Å². The molecular formula is C12H13N5. The molecule has 3 aromatic heterocycles. The Morgan fingerprint density at radius 1 is 1.35 bits per heavy atom. The maximum Gasteiger partial charge on any atom is 0.234 e. The van der Waals surface area contributed by atoms with Crippen LogP contribution in [-0.2, 0) is 13.6 Å². The number of nitrogens with two attached hydrogens (primary N) is 1. The largest absolute Gasteiger partial charge is 0.357 e. The molecule has 5 heteroatoms. The average Bonchev–Trinajstić information content (AvgIpc) is 2.91. The van der Waals surface area contributed by atoms with Gasteiger partial charge in [-0.2, -0.15) is 0 Å². The second kappa shape index (κ2) is 3.71. The SMILES string of the molecule is Cn1ccc(-c2nc3ncccn3c2CN)c1. The zero-order chi connectivity index (χ0) is 11.8. The van der Waals surface area contributed by atoms with Crippen molar-refractivity contribution >= 4 is 5.78 Å². The zero-order valence-electron chi connectivity index (χ0n) is 9.54. The summed E-state index contributed by atoms with van der Waals surface area (Å²) < 4.78 is 3.93. The molecule has 0 aliphatic carbocycles. The molecule has 0 aromatic carbocycles. The Bertz CT molecular complexity index is 664. The summed E-state index contributed by atoms with van der Waals surface area (Å²) in [5.41, 5.74) is 8.77. The van der Waals surface area contributed by atoms with Crippen LogP contribution in [0.2, 0.25) is 0 Å². The molecule has 0 aliphatic rings. The smallest absolute Gasteiger partial charge is 0.234 e. The van der Waals surface area contributed by atoms with Crippen molar-refractivity contribution in [3.63, 3.8) is 0 Å². The second-order valence-corrected chi connectivity index (χ2v) is 3.97. The lowest BCUT2D eigenvalue weighted by Crippen LogP contribution is -2.02. The number of imidazole rings is 1. The number of hydrogen-bond donors (Lipinski definition) is 1. The molecule has 0 fully saturated rings. The number of nitrogens with zero attached hydrogens (tertiary/aromatic N) is 4. The highest BCUT2D eigenvalue weighted by Crippen LogP contribution is 2.23. The van der Waals surface area contributed by atoms with E-state index in [-0.39, 0.29) is 0 Å². The van der Waals surface area contributed by atoms with Gasteiger partial charge in [0.25, 0.3) is 0 Å². The summed E-state index contributed by atoms with van der Waals surface area (Å²) in [6.45, 7) is 0.442. The first-order valence-electron chi connectivity index (χ1n) is 5.44. The number of fused-ring (bicyclic) bond motifs is 1. The fourth-order valence-corrected chi connectivity index (χ4v) is 2.00. The van der Waals surface area contributed by atoms with Gasteiger partial charge in [-0.1, -0.05) is 0 Å². The van der Waals surface area contributed by atoms with E-state index in [1.54, 1.807) is 6.20 Å². The van der Waals surface area contributed by atoms with Crippen LogP contribution >= 0.6 is 0 Å². The third kappa shape index (κ3) is 1.52. The van der Waals surface area contributed by atoms with Gasteiger partial charge in [0, 0.05) is 43.9 Å². The molecule has 0 aliphatic heterocycles. The maximum atomic E-state index is 5.81. The highest BCUT2D eigenvalue weighted by Gasteiger charge is 2.13. The summed E-state index contributed by atoms with van der Waals surface area (Å²) in [6, 6.07) is 3.91. The summed E-state index contributed by atoms with van der Waals surface area (Å²) in [7, 11) is 1.99. The minimum atomic E-state index is 0.442. The van der Waals surface area contributed by atoms with Crippen LogP contribution in [0, 0.1) is 0 Å². The van der Waals surface area contributed by atoms with Crippen molar-refractivity contribution in [2.24, 2.45) is 12.8 Å². The fourth-order valence-electron chi connectivity index (χ4n) is 2.00. The van der Waals surface area contributed by atoms with Gasteiger partial charge in [0.2, 0.25) is 5.78 Å². The molecule has 0 spiro atoms. The van der Waals surface area contributed by atoms with E-state index in [0.717, 1.165) is 17.0 Å². The summed E-state index contributed by atoms with van der Waals surface area (Å²) >= 11 is 0. The molecule has 0 atom stereocenters. The van der Waals surface area contributed by atoms with Crippen LogP contribution in [0.1, 0.15) is 5.69 Å². The molecule has 2 N–H and O–H groups in total. The van der Waals surface area contributed by atoms with Gasteiger partial charge in [-0.25, -0.2) is 9.97 Å². The third-order valence-electron chi connectivity index (χ3n) is 2.80. The van der Waals surface area contributed by atoms with E-state index in [2.05, 4.69) is 9.97 Å². The molecule has 86 valence electrons. The molecular weight excluding hydrogens is 214 g/mol. The van der Waals surface area contributed by atoms with Crippen LogP contribution in [0.25, 0.3) is 17.0 Å². The van der Waals surface area contributed by atoms with Crippen molar-refractivity contribution < 1.29 is 0 Å². The second-order valence-electron chi connectivity index (χ2n) is 3.97. The summed E-state index contributed by atoms with van der Waals surface area (Å²) in [5, 5.41) is 0. The summed E-state index contributed by atoms with van der Waals surface area (Å²) in [4.78, 5) is 8.76. The number of aromatic nitrogens is 4. The highest BCUT2D eigenvalue weighted by molar-refractivity contribution is 5.64. The predicted octanol–water partition coefficient (Wildman–Crippen LogP) is 1.19. The van der Waals surface area contributed by atoms with Crippen molar-refractivity contribution in [3.8, 4) is 11.3 Å². The lowest BCUT2D eigenvalue weighted by molar-refractivity contribution is 0.926. The van der Waals surface area contributed by atoms with E-state index in [9.17, 15) is 0 Å². The minimum Gasteiger partial charge on any atom is -0.357 e. The monoisotopic (exact) mass is 227 g/mol. The van der Waals surface area contributed by atoms with Crippen LogP contribution in [0.5, 0.6) is 0 Å². The number of hydrogen-bond acceptors (Lipinski definition) is 3. The molecule has 3 aromatic rings. The molecule has 0 saturated carbocycles. The van der Waals surface area contributed by atoms with Gasteiger partial charge < -0.3 is 10.3 Å². The fraction of sp³-hybridized carbons (Fsp3) is 0.167. The molecule has 5 nitrogen and oxygen atoms in total. The number of aryl methyl sites for hydroxylation is 1. The van der Waals surface area contributed by atoms with E-state index < -0.39 is 0 Å². The normalized spacial score (nSPS) is 11.2. The predicted molar refractivity (Wildman–Crippen MR) is 65.3 cm³/mol. The van der Waals surface area contributed by atoms with Crippen molar-refractivity contribution in [3.05, 3.63) is 42.6 Å². The van der Waals surface area contributed by atoms with Crippen molar-refractivity contribution in [2.45, 2.75) is 6.54 Å². The van der Waals surface area contributed by atoms with Gasteiger partial charge in [-0.15, -0.1) is 0 Å². The van der Waals surface area contributed by atoms with Gasteiger partial charge >= 0.3 is 0 Å². The Morgan fingerprint density at radius 3 is 2.94 bits per heavy atom. The van der Waals surface area contributed by atoms with Crippen LogP contribution in [0.4, 0.5) is 0 Å². The van der Waals surface area contributed by atoms with E-state index in [0.29, 0.717) is 12.3 Å². The summed E-state index contributed by atoms with van der Waals surface area (Å²) in [5.74, 6) is 0.687. The Hall–Kier alpha value is -2.14. The zero-order valence-corrected chi connectivity index (χ0v) is 9.54. The maximum absolute atomic E-state index is 5.81. The van der Waals surface area contributed by atoms with Gasteiger partial charge in [0.05, 0.1) is 11.4 Å². The van der Waals surface area contributed by atoms with Crippen molar-refractivity contribution in [1.82, 2.24) is 18.9 Å². The van der Waals surface area contributed by atoms with E-state index >= 15 is 0 Å². The Morgan fingerprint density at radius 2 is 2.24 bits per heavy atom. The van der Waals surface area contributed by atoms with Crippen LogP contribution in [0.3, 0.4) is 0 Å². The molecule has 0 saturated heterocycles. The average molecular weight is 227 g/mol. The molecule has 0 amide bonds. The van der Waals surface area contributed by atoms with E-state index in [1.807, 2.05) is 46.7 Å². The summed E-state index contributed by atoms with van der Waals surface area (Å²) in [6.07, 6.45) is 7.69. The molecule has 0 radical (unpaired) electrons. The highest BCUT2D eigenvalue weighted by atomic mass is 15.1. The van der Waals surface area contributed by atoms with Crippen molar-refractivity contribution in [2.75, 3.05) is 0 Å². The van der Waals surface area contributed by atoms with E-state index in [1.165, 1.54) is 0 Å². The van der Waals surface area contributed by atoms with E-state index in [4.69, 9.17) is 5.73 Å². The minimum absolute atomic E-state index is 0.442. The number of rotatable bonds is 2. The third-order valence-corrected chi connectivity index (χ3v) is 2.80. The topological polar surface area (TPSA) is 61.1 Å².